The predicted octanol–water partition coefficient (Wildman–Crippen LogP) is 1.84. The third-order valence-corrected chi connectivity index (χ3v) is 4.95. The molecule has 3 rings (SSSR count). The Morgan fingerprint density at radius 1 is 1.17 bits per heavy atom. The highest BCUT2D eigenvalue weighted by Crippen LogP contribution is 2.25. The average molecular weight is 346 g/mol. The molecule has 9 heteroatoms. The fourth-order valence-corrected chi connectivity index (χ4v) is 3.69. The van der Waals surface area contributed by atoms with Crippen molar-refractivity contribution in [2.75, 3.05) is 4.72 Å². The molecule has 0 aliphatic heterocycles. The first-order chi connectivity index (χ1) is 11.4. The van der Waals surface area contributed by atoms with Crippen LogP contribution in [0.1, 0.15) is 11.5 Å². The number of H-pyrrole nitrogens is 1. The summed E-state index contributed by atoms with van der Waals surface area (Å²) in [4.78, 5) is 11.1. The third-order valence-electron chi connectivity index (χ3n) is 3.33. The molecule has 2 heterocycles. The van der Waals surface area contributed by atoms with Crippen LogP contribution < -0.4 is 10.3 Å². The van der Waals surface area contributed by atoms with Crippen molar-refractivity contribution < 1.29 is 12.9 Å². The van der Waals surface area contributed by atoms with Crippen molar-refractivity contribution in [3.8, 4) is 11.3 Å². The van der Waals surface area contributed by atoms with E-state index < -0.39 is 10.0 Å². The lowest BCUT2D eigenvalue weighted by Crippen LogP contribution is -2.14. The number of rotatable bonds is 4. The summed E-state index contributed by atoms with van der Waals surface area (Å²) in [6.45, 7) is 3.10. The van der Waals surface area contributed by atoms with Gasteiger partial charge < -0.3 is 4.52 Å². The Bertz CT molecular complexity index is 1010. The van der Waals surface area contributed by atoms with Gasteiger partial charge in [-0.2, -0.15) is 5.10 Å². The summed E-state index contributed by atoms with van der Waals surface area (Å²) >= 11 is 0. The van der Waals surface area contributed by atoms with Crippen LogP contribution in [0.2, 0.25) is 0 Å². The van der Waals surface area contributed by atoms with Crippen molar-refractivity contribution in [2.24, 2.45) is 0 Å². The Morgan fingerprint density at radius 2 is 1.96 bits per heavy atom. The molecule has 124 valence electrons. The van der Waals surface area contributed by atoms with Gasteiger partial charge in [0.25, 0.3) is 15.6 Å². The minimum Gasteiger partial charge on any atom is -0.360 e. The smallest absolute Gasteiger partial charge is 0.267 e. The second-order valence-corrected chi connectivity index (χ2v) is 6.77. The maximum atomic E-state index is 12.5. The summed E-state index contributed by atoms with van der Waals surface area (Å²) in [7, 11) is -3.82. The molecule has 0 aliphatic carbocycles. The molecule has 1 aromatic carbocycles. The number of benzene rings is 1. The summed E-state index contributed by atoms with van der Waals surface area (Å²) in [6, 6.07) is 9.59. The number of hydrogen-bond donors (Lipinski definition) is 2. The van der Waals surface area contributed by atoms with Crippen molar-refractivity contribution in [3.05, 3.63) is 58.2 Å². The van der Waals surface area contributed by atoms with Gasteiger partial charge >= 0.3 is 0 Å². The molecule has 0 amide bonds. The summed E-state index contributed by atoms with van der Waals surface area (Å²) in [5.41, 5.74) is 1.52. The van der Waals surface area contributed by atoms with Crippen LogP contribution in [-0.4, -0.2) is 23.8 Å². The van der Waals surface area contributed by atoms with E-state index in [0.29, 0.717) is 22.6 Å². The molecule has 0 aliphatic rings. The van der Waals surface area contributed by atoms with Gasteiger partial charge in [-0.1, -0.05) is 17.3 Å². The van der Waals surface area contributed by atoms with Crippen LogP contribution in [0.15, 0.2) is 50.6 Å². The van der Waals surface area contributed by atoms with E-state index in [1.807, 2.05) is 0 Å². The average Bonchev–Trinajstić information content (AvgIpc) is 2.87. The minimum absolute atomic E-state index is 0.0232. The first-order valence-electron chi connectivity index (χ1n) is 6.99. The van der Waals surface area contributed by atoms with E-state index in [1.54, 1.807) is 37.3 Å². The monoisotopic (exact) mass is 346 g/mol. The minimum atomic E-state index is -3.82. The summed E-state index contributed by atoms with van der Waals surface area (Å²) in [5.74, 6) is 0.221. The molecular formula is C15H14N4O4S. The maximum absolute atomic E-state index is 12.5. The van der Waals surface area contributed by atoms with Crippen molar-refractivity contribution >= 4 is 15.7 Å². The Morgan fingerprint density at radius 3 is 2.58 bits per heavy atom. The molecule has 24 heavy (non-hydrogen) atoms. The zero-order chi connectivity index (χ0) is 17.3. The van der Waals surface area contributed by atoms with Crippen LogP contribution in [0.5, 0.6) is 0 Å². The van der Waals surface area contributed by atoms with Gasteiger partial charge in [0.2, 0.25) is 0 Å². The van der Waals surface area contributed by atoms with E-state index >= 15 is 0 Å². The van der Waals surface area contributed by atoms with Gasteiger partial charge in [0, 0.05) is 17.3 Å². The SMILES string of the molecule is Cc1noc(C)c1S(=O)(=O)Nc1cccc(-c2ccc(=O)[nH]n2)c1. The standard InChI is InChI=1S/C15H14N4O4S/c1-9-15(10(2)23-18-9)24(21,22)19-12-5-3-4-11(8-12)13-6-7-14(20)17-16-13/h3-8,19H,1-2H3,(H,17,20). The molecule has 0 fully saturated rings. The van der Waals surface area contributed by atoms with Crippen LogP contribution in [0, 0.1) is 13.8 Å². The van der Waals surface area contributed by atoms with Crippen LogP contribution in [0.4, 0.5) is 5.69 Å². The number of nitrogens with zero attached hydrogens (tertiary/aromatic N) is 2. The Hall–Kier alpha value is -2.94. The van der Waals surface area contributed by atoms with E-state index in [0.717, 1.165) is 0 Å². The summed E-state index contributed by atoms with van der Waals surface area (Å²) in [5, 5.41) is 9.92. The van der Waals surface area contributed by atoms with Gasteiger partial charge in [-0.3, -0.25) is 9.52 Å². The molecule has 0 saturated heterocycles. The Kier molecular flexibility index (Phi) is 3.94. The van der Waals surface area contributed by atoms with Gasteiger partial charge in [0.05, 0.1) is 5.69 Å². The number of sulfonamides is 1. The Labute approximate surface area is 137 Å². The molecule has 2 N–H and O–H groups in total. The van der Waals surface area contributed by atoms with Gasteiger partial charge in [-0.25, -0.2) is 13.5 Å². The normalized spacial score (nSPS) is 11.4. The third kappa shape index (κ3) is 3.06. The van der Waals surface area contributed by atoms with Gasteiger partial charge in [-0.15, -0.1) is 0 Å². The van der Waals surface area contributed by atoms with E-state index in [4.69, 9.17) is 4.52 Å². The maximum Gasteiger partial charge on any atom is 0.267 e. The van der Waals surface area contributed by atoms with E-state index in [2.05, 4.69) is 20.1 Å². The van der Waals surface area contributed by atoms with Gasteiger partial charge in [0.15, 0.2) is 10.7 Å². The molecule has 0 unspecified atom stereocenters. The number of aromatic amines is 1. The van der Waals surface area contributed by atoms with Crippen LogP contribution in [-0.2, 0) is 10.0 Å². The van der Waals surface area contributed by atoms with Crippen LogP contribution >= 0.6 is 0 Å². The second-order valence-electron chi connectivity index (χ2n) is 5.15. The van der Waals surface area contributed by atoms with Crippen molar-refractivity contribution in [3.63, 3.8) is 0 Å². The molecule has 0 bridgehead atoms. The fraction of sp³-hybridized carbons (Fsp3) is 0.133. The quantitative estimate of drug-likeness (QED) is 0.744. The predicted molar refractivity (Wildman–Crippen MR) is 87.1 cm³/mol. The molecule has 8 nitrogen and oxygen atoms in total. The molecule has 0 radical (unpaired) electrons. The highest BCUT2D eigenvalue weighted by molar-refractivity contribution is 7.92. The number of anilines is 1. The van der Waals surface area contributed by atoms with Crippen molar-refractivity contribution in [2.45, 2.75) is 18.7 Å². The molecule has 3 aromatic rings. The molecule has 0 saturated carbocycles. The van der Waals surface area contributed by atoms with E-state index in [-0.39, 0.29) is 16.2 Å². The lowest BCUT2D eigenvalue weighted by Gasteiger charge is -2.09. The highest BCUT2D eigenvalue weighted by atomic mass is 32.2. The number of hydrogen-bond acceptors (Lipinski definition) is 6. The lowest BCUT2D eigenvalue weighted by molar-refractivity contribution is 0.390. The van der Waals surface area contributed by atoms with Gasteiger partial charge in [-0.05, 0) is 32.0 Å². The van der Waals surface area contributed by atoms with Crippen molar-refractivity contribution in [1.82, 2.24) is 15.4 Å². The molecule has 2 aromatic heterocycles. The first-order valence-corrected chi connectivity index (χ1v) is 8.47. The second kappa shape index (κ2) is 5.93. The zero-order valence-electron chi connectivity index (χ0n) is 12.9. The summed E-state index contributed by atoms with van der Waals surface area (Å²) < 4.78 is 32.5. The van der Waals surface area contributed by atoms with Crippen LogP contribution in [0.3, 0.4) is 0 Å². The Balaban J connectivity index is 1.95. The fourth-order valence-electron chi connectivity index (χ4n) is 2.31. The van der Waals surface area contributed by atoms with E-state index in [9.17, 15) is 13.2 Å². The van der Waals surface area contributed by atoms with E-state index in [1.165, 1.54) is 13.0 Å². The van der Waals surface area contributed by atoms with Gasteiger partial charge in [0.1, 0.15) is 5.69 Å². The molecular weight excluding hydrogens is 332 g/mol. The number of aromatic nitrogens is 3. The molecule has 0 atom stereocenters. The first kappa shape index (κ1) is 15.9. The highest BCUT2D eigenvalue weighted by Gasteiger charge is 2.24. The van der Waals surface area contributed by atoms with Crippen molar-refractivity contribution in [1.29, 1.82) is 0 Å². The topological polar surface area (TPSA) is 118 Å². The summed E-state index contributed by atoms with van der Waals surface area (Å²) in [6.07, 6.45) is 0. The number of aryl methyl sites for hydroxylation is 2. The lowest BCUT2D eigenvalue weighted by atomic mass is 10.1. The molecule has 0 spiro atoms. The largest absolute Gasteiger partial charge is 0.360 e. The van der Waals surface area contributed by atoms with Crippen LogP contribution in [0.25, 0.3) is 11.3 Å². The number of nitrogens with one attached hydrogen (secondary N) is 2. The zero-order valence-corrected chi connectivity index (χ0v) is 13.7.